The van der Waals surface area contributed by atoms with Crippen LogP contribution in [0.4, 0.5) is 0 Å². The van der Waals surface area contributed by atoms with E-state index >= 15 is 0 Å². The SMILES string of the molecule is CC(C)[C@@H]1CC[C@]2(C(=O)O)CC[C@]3(C)C(CCC4[C@@]5(C)CC/C(=N\NC(=O)c6ccccc6)C(C)(C)C5CC[C@]43C)C12. The van der Waals surface area contributed by atoms with E-state index in [1.807, 2.05) is 30.3 Å². The number of carbonyl (C=O) groups is 2. The van der Waals surface area contributed by atoms with Gasteiger partial charge >= 0.3 is 5.97 Å². The summed E-state index contributed by atoms with van der Waals surface area (Å²) < 4.78 is 0. The zero-order valence-corrected chi connectivity index (χ0v) is 27.1. The van der Waals surface area contributed by atoms with Crippen molar-refractivity contribution in [3.63, 3.8) is 0 Å². The second kappa shape index (κ2) is 9.92. The lowest BCUT2D eigenvalue weighted by atomic mass is 9.32. The van der Waals surface area contributed by atoms with Crippen LogP contribution in [-0.2, 0) is 4.79 Å². The van der Waals surface area contributed by atoms with Crippen molar-refractivity contribution < 1.29 is 14.7 Å². The zero-order valence-electron chi connectivity index (χ0n) is 27.1. The monoisotopic (exact) mass is 574 g/mol. The molecule has 5 heteroatoms. The average Bonchev–Trinajstić information content (AvgIpc) is 3.35. The minimum absolute atomic E-state index is 0.0880. The summed E-state index contributed by atoms with van der Waals surface area (Å²) in [6, 6.07) is 9.35. The van der Waals surface area contributed by atoms with Gasteiger partial charge in [-0.25, -0.2) is 5.43 Å². The van der Waals surface area contributed by atoms with E-state index in [0.29, 0.717) is 41.1 Å². The topological polar surface area (TPSA) is 78.8 Å². The molecule has 0 heterocycles. The van der Waals surface area contributed by atoms with Crippen LogP contribution < -0.4 is 5.43 Å². The van der Waals surface area contributed by atoms with Crippen molar-refractivity contribution >= 4 is 17.6 Å². The van der Waals surface area contributed by atoms with Crippen molar-refractivity contribution in [3.8, 4) is 0 Å². The summed E-state index contributed by atoms with van der Waals surface area (Å²) in [7, 11) is 0. The molecule has 5 aliphatic rings. The Bertz CT molecular complexity index is 1270. The number of hydrogen-bond acceptors (Lipinski definition) is 3. The number of hydrazone groups is 1. The fraction of sp³-hybridized carbons (Fsp3) is 0.757. The summed E-state index contributed by atoms with van der Waals surface area (Å²) >= 11 is 0. The molecule has 230 valence electrons. The molecule has 1 amide bonds. The molecule has 0 aromatic heterocycles. The van der Waals surface area contributed by atoms with Gasteiger partial charge < -0.3 is 5.11 Å². The summed E-state index contributed by atoms with van der Waals surface area (Å²) in [5, 5.41) is 15.4. The van der Waals surface area contributed by atoms with Crippen LogP contribution in [0.15, 0.2) is 35.4 Å². The van der Waals surface area contributed by atoms with Gasteiger partial charge in [0.05, 0.1) is 5.41 Å². The van der Waals surface area contributed by atoms with E-state index in [-0.39, 0.29) is 27.6 Å². The summed E-state index contributed by atoms with van der Waals surface area (Å²) in [5.41, 5.74) is 4.66. The van der Waals surface area contributed by atoms with Crippen LogP contribution in [0.25, 0.3) is 0 Å². The second-order valence-electron chi connectivity index (χ2n) is 16.7. The molecule has 6 rings (SSSR count). The third kappa shape index (κ3) is 3.96. The van der Waals surface area contributed by atoms with Crippen LogP contribution in [0.2, 0.25) is 0 Å². The smallest absolute Gasteiger partial charge is 0.309 e. The number of hydrogen-bond donors (Lipinski definition) is 2. The van der Waals surface area contributed by atoms with Crippen molar-refractivity contribution in [2.75, 3.05) is 0 Å². The van der Waals surface area contributed by atoms with E-state index in [4.69, 9.17) is 5.10 Å². The van der Waals surface area contributed by atoms with E-state index in [1.54, 1.807) is 0 Å². The number of nitrogens with one attached hydrogen (secondary N) is 1. The number of carboxylic acid groups (broad SMARTS) is 1. The molecule has 9 atom stereocenters. The van der Waals surface area contributed by atoms with Gasteiger partial charge in [0.15, 0.2) is 0 Å². The Hall–Kier alpha value is -2.17. The number of benzene rings is 1. The Kier molecular flexibility index (Phi) is 7.06. The number of fused-ring (bicyclic) bond motifs is 7. The fourth-order valence-corrected chi connectivity index (χ4v) is 12.5. The summed E-state index contributed by atoms with van der Waals surface area (Å²) in [4.78, 5) is 25.7. The second-order valence-corrected chi connectivity index (χ2v) is 16.7. The Morgan fingerprint density at radius 2 is 1.57 bits per heavy atom. The van der Waals surface area contributed by atoms with E-state index in [2.05, 4.69) is 53.9 Å². The molecular formula is C37H54N2O3. The lowest BCUT2D eigenvalue weighted by Gasteiger charge is -2.72. The third-order valence-electron chi connectivity index (χ3n) is 14.9. The van der Waals surface area contributed by atoms with Crippen LogP contribution in [0.5, 0.6) is 0 Å². The van der Waals surface area contributed by atoms with Gasteiger partial charge in [0.1, 0.15) is 0 Å². The molecule has 42 heavy (non-hydrogen) atoms. The number of carboxylic acids is 1. The highest BCUT2D eigenvalue weighted by Gasteiger charge is 2.72. The van der Waals surface area contributed by atoms with Crippen LogP contribution in [0, 0.1) is 62.6 Å². The molecule has 0 spiro atoms. The molecule has 4 unspecified atom stereocenters. The molecule has 0 bridgehead atoms. The first kappa shape index (κ1) is 29.9. The Labute approximate surface area is 253 Å². The molecule has 0 radical (unpaired) electrons. The molecule has 1 aromatic rings. The zero-order chi connectivity index (χ0) is 30.3. The molecule has 5 fully saturated rings. The molecule has 1 aromatic carbocycles. The van der Waals surface area contributed by atoms with Gasteiger partial charge in [-0.3, -0.25) is 9.59 Å². The van der Waals surface area contributed by atoms with Crippen molar-refractivity contribution in [3.05, 3.63) is 35.9 Å². The fourth-order valence-electron chi connectivity index (χ4n) is 12.5. The number of amides is 1. The maximum atomic E-state index is 12.9. The normalized spacial score (nSPS) is 45.0. The molecule has 5 aliphatic carbocycles. The van der Waals surface area contributed by atoms with Crippen molar-refractivity contribution in [1.29, 1.82) is 0 Å². The predicted octanol–water partition coefficient (Wildman–Crippen LogP) is 8.59. The minimum atomic E-state index is -0.513. The standard InChI is InChI=1S/C37H54N2O3/c1-23(2)25-15-20-37(32(41)42)22-21-35(6)26(30(25)37)13-14-28-34(5)18-17-29(33(3,4)27(34)16-19-36(28,35)7)38-39-31(40)24-11-9-8-10-12-24/h8-12,23,25-28,30H,13-22H2,1-7H3,(H,39,40)(H,41,42)/b38-29+/t25-,26?,27?,28?,30?,34-,35+,36+,37-/m0/s1. The van der Waals surface area contributed by atoms with Gasteiger partial charge in [0, 0.05) is 16.7 Å². The van der Waals surface area contributed by atoms with Gasteiger partial charge in [0.2, 0.25) is 0 Å². The van der Waals surface area contributed by atoms with Crippen molar-refractivity contribution in [1.82, 2.24) is 5.43 Å². The van der Waals surface area contributed by atoms with Gasteiger partial charge in [-0.05, 0) is 128 Å². The highest BCUT2D eigenvalue weighted by molar-refractivity contribution is 5.96. The number of carbonyl (C=O) groups excluding carboxylic acids is 1. The van der Waals surface area contributed by atoms with E-state index in [0.717, 1.165) is 44.2 Å². The quantitative estimate of drug-likeness (QED) is 0.354. The molecule has 2 N–H and O–H groups in total. The average molecular weight is 575 g/mol. The van der Waals surface area contributed by atoms with Gasteiger partial charge in [-0.15, -0.1) is 0 Å². The first-order valence-corrected chi connectivity index (χ1v) is 16.9. The van der Waals surface area contributed by atoms with Crippen LogP contribution in [0.1, 0.15) is 123 Å². The number of rotatable bonds is 4. The molecule has 0 aliphatic heterocycles. The number of aliphatic carboxylic acids is 1. The van der Waals surface area contributed by atoms with Crippen molar-refractivity contribution in [2.45, 2.75) is 113 Å². The lowest BCUT2D eigenvalue weighted by Crippen LogP contribution is -2.66. The largest absolute Gasteiger partial charge is 0.481 e. The molecular weight excluding hydrogens is 520 g/mol. The first-order valence-electron chi connectivity index (χ1n) is 16.9. The van der Waals surface area contributed by atoms with Crippen molar-refractivity contribution in [2.24, 2.45) is 67.7 Å². The maximum absolute atomic E-state index is 12.9. The van der Waals surface area contributed by atoms with Crippen LogP contribution in [0.3, 0.4) is 0 Å². The number of nitrogens with zero attached hydrogens (tertiary/aromatic N) is 1. The molecule has 5 saturated carbocycles. The maximum Gasteiger partial charge on any atom is 0.309 e. The summed E-state index contributed by atoms with van der Waals surface area (Å²) in [6.07, 6.45) is 10.7. The minimum Gasteiger partial charge on any atom is -0.481 e. The van der Waals surface area contributed by atoms with Gasteiger partial charge in [-0.2, -0.15) is 5.10 Å². The van der Waals surface area contributed by atoms with E-state index < -0.39 is 11.4 Å². The third-order valence-corrected chi connectivity index (χ3v) is 14.9. The Morgan fingerprint density at radius 3 is 2.24 bits per heavy atom. The highest BCUT2D eigenvalue weighted by atomic mass is 16.4. The highest BCUT2D eigenvalue weighted by Crippen LogP contribution is 2.77. The van der Waals surface area contributed by atoms with Crippen LogP contribution in [-0.4, -0.2) is 22.7 Å². The van der Waals surface area contributed by atoms with E-state index in [9.17, 15) is 14.7 Å². The van der Waals surface area contributed by atoms with Gasteiger partial charge in [0.25, 0.3) is 5.91 Å². The first-order chi connectivity index (χ1) is 19.7. The predicted molar refractivity (Wildman–Crippen MR) is 168 cm³/mol. The molecule has 0 saturated heterocycles. The summed E-state index contributed by atoms with van der Waals surface area (Å²) in [6.45, 7) is 17.2. The Morgan fingerprint density at radius 1 is 0.857 bits per heavy atom. The van der Waals surface area contributed by atoms with Gasteiger partial charge in [-0.1, -0.05) is 66.7 Å². The lowest BCUT2D eigenvalue weighted by molar-refractivity contribution is -0.232. The summed E-state index contributed by atoms with van der Waals surface area (Å²) in [5.74, 6) is 2.36. The molecule has 5 nitrogen and oxygen atoms in total. The Balaban J connectivity index is 1.29. The van der Waals surface area contributed by atoms with E-state index in [1.165, 1.54) is 25.7 Å². The van der Waals surface area contributed by atoms with Crippen LogP contribution >= 0.6 is 0 Å².